The van der Waals surface area contributed by atoms with Crippen LogP contribution in [0.2, 0.25) is 5.02 Å². The van der Waals surface area contributed by atoms with Gasteiger partial charge in [0.1, 0.15) is 22.3 Å². The average molecular weight is 591 g/mol. The number of ether oxygens (including phenoxy) is 1. The molecule has 0 radical (unpaired) electrons. The quantitative estimate of drug-likeness (QED) is 0.102. The van der Waals surface area contributed by atoms with Crippen molar-refractivity contribution in [1.82, 2.24) is 19.7 Å². The number of ketones is 1. The molecule has 0 saturated heterocycles. The number of hydrogen-bond donors (Lipinski definition) is 3. The molecular weight excluding hydrogens is 569 g/mol. The lowest BCUT2D eigenvalue weighted by atomic mass is 10.1. The van der Waals surface area contributed by atoms with E-state index in [0.717, 1.165) is 16.5 Å². The number of hydrogen-bond acceptors (Lipinski definition) is 8. The number of nitrogens with one attached hydrogen (secondary N) is 1. The number of aromatic amines is 1. The molecule has 5 aromatic rings. The van der Waals surface area contributed by atoms with Crippen LogP contribution in [-0.4, -0.2) is 38.0 Å². The molecule has 0 spiro atoms. The van der Waals surface area contributed by atoms with Crippen molar-refractivity contribution in [3.05, 3.63) is 89.1 Å². The third kappa shape index (κ3) is 6.50. The molecule has 9 nitrogen and oxygen atoms in total. The van der Waals surface area contributed by atoms with Gasteiger partial charge in [0, 0.05) is 33.4 Å². The smallest absolute Gasteiger partial charge is 0.238 e. The maximum Gasteiger partial charge on any atom is 0.238 e. The second kappa shape index (κ2) is 13.2. The molecule has 5 N–H and O–H groups in total. The summed E-state index contributed by atoms with van der Waals surface area (Å²) in [4.78, 5) is 23.7. The number of benzene rings is 2. The molecule has 3 aromatic heterocycles. The summed E-state index contributed by atoms with van der Waals surface area (Å²) in [5.41, 5.74) is 7.01. The van der Waals surface area contributed by atoms with Gasteiger partial charge in [-0.05, 0) is 55.0 Å². The van der Waals surface area contributed by atoms with E-state index in [4.69, 9.17) is 27.2 Å². The molecule has 0 aliphatic carbocycles. The molecule has 0 atom stereocenters. The zero-order valence-corrected chi connectivity index (χ0v) is 22.2. The van der Waals surface area contributed by atoms with Gasteiger partial charge in [-0.15, -0.1) is 0 Å². The van der Waals surface area contributed by atoms with Crippen LogP contribution in [0.5, 0.6) is 17.4 Å². The summed E-state index contributed by atoms with van der Waals surface area (Å²) in [7, 11) is 0. The number of alkyl halides is 1. The monoisotopic (exact) mass is 590 g/mol. The Morgan fingerprint density at radius 2 is 1.95 bits per heavy atom. The second-order valence-corrected chi connectivity index (χ2v) is 9.26. The summed E-state index contributed by atoms with van der Waals surface area (Å²) >= 11 is 7.20. The number of H-pyrrole nitrogens is 1. The number of fused-ring (bicyclic) bond motifs is 1. The number of pyridine rings is 1. The Morgan fingerprint density at radius 1 is 1.15 bits per heavy atom. The number of carbonyl (C=O) groups excluding carboxylic acids is 1. The van der Waals surface area contributed by atoms with Crippen molar-refractivity contribution in [2.45, 2.75) is 6.42 Å². The molecule has 0 amide bonds. The first-order valence-electron chi connectivity index (χ1n) is 11.6. The van der Waals surface area contributed by atoms with Gasteiger partial charge in [0.2, 0.25) is 11.7 Å². The minimum absolute atomic E-state index is 0.00560. The van der Waals surface area contributed by atoms with Gasteiger partial charge in [0.15, 0.2) is 11.6 Å². The zero-order valence-electron chi connectivity index (χ0n) is 20.6. The Hall–Kier alpha value is -4.20. The van der Waals surface area contributed by atoms with Crippen molar-refractivity contribution in [2.75, 3.05) is 18.2 Å². The highest BCUT2D eigenvalue weighted by atomic mass is 35.5. The van der Waals surface area contributed by atoms with Crippen LogP contribution in [0.25, 0.3) is 16.6 Å². The number of aromatic nitrogens is 4. The van der Waals surface area contributed by atoms with Gasteiger partial charge >= 0.3 is 0 Å². The summed E-state index contributed by atoms with van der Waals surface area (Å²) in [6.07, 6.45) is 3.33. The van der Waals surface area contributed by atoms with Crippen molar-refractivity contribution < 1.29 is 27.8 Å². The molecule has 14 heteroatoms. The number of nitrogens with two attached hydrogens (primary N) is 2. The first kappa shape index (κ1) is 28.8. The summed E-state index contributed by atoms with van der Waals surface area (Å²) in [6, 6.07) is 13.2. The van der Waals surface area contributed by atoms with E-state index in [-0.39, 0.29) is 51.8 Å². The maximum absolute atomic E-state index is 14.9. The van der Waals surface area contributed by atoms with E-state index >= 15 is 0 Å². The summed E-state index contributed by atoms with van der Waals surface area (Å²) in [5.74, 6) is -0.181. The third-order valence-electron chi connectivity index (χ3n) is 5.46. The molecule has 40 heavy (non-hydrogen) atoms. The van der Waals surface area contributed by atoms with E-state index in [1.807, 2.05) is 0 Å². The van der Waals surface area contributed by atoms with Crippen molar-refractivity contribution >= 4 is 46.1 Å². The van der Waals surface area contributed by atoms with E-state index in [1.165, 1.54) is 54.7 Å². The summed E-state index contributed by atoms with van der Waals surface area (Å²) in [5, 5.41) is 9.88. The first-order chi connectivity index (χ1) is 19.4. The maximum atomic E-state index is 14.9. The van der Waals surface area contributed by atoms with E-state index in [2.05, 4.69) is 20.0 Å². The topological polar surface area (TPSA) is 134 Å². The summed E-state index contributed by atoms with van der Waals surface area (Å²) in [6.45, 7) is -0.246. The fourth-order valence-electron chi connectivity index (χ4n) is 3.57. The molecule has 0 saturated carbocycles. The van der Waals surface area contributed by atoms with Gasteiger partial charge in [-0.1, -0.05) is 23.5 Å². The molecule has 0 fully saturated rings. The van der Waals surface area contributed by atoms with Crippen molar-refractivity contribution in [3.8, 4) is 23.1 Å². The van der Waals surface area contributed by atoms with E-state index in [0.29, 0.717) is 17.3 Å². The van der Waals surface area contributed by atoms with Gasteiger partial charge in [0.05, 0.1) is 24.1 Å². The van der Waals surface area contributed by atoms with Crippen LogP contribution in [0.4, 0.5) is 19.1 Å². The molecule has 2 aromatic carbocycles. The fourth-order valence-corrected chi connectivity index (χ4v) is 4.01. The standard InChI is InChI=1S/C23H14ClF2N5O3.C3H8FNS/c24-16-2-1-7-28-23(16)33-13-4-6-20(17(25)10-13)31-22(27)15(11-29-31)21(32)19-9-12-8-14(34-26)3-5-18(12)30-19;4-2-1-3-6-5/h1-11,30H,27H2;1-3,5H2. The van der Waals surface area contributed by atoms with Crippen LogP contribution in [0.1, 0.15) is 22.5 Å². The largest absolute Gasteiger partial charge is 0.437 e. The highest BCUT2D eigenvalue weighted by Crippen LogP contribution is 2.30. The van der Waals surface area contributed by atoms with Gasteiger partial charge in [0.25, 0.3) is 0 Å². The molecule has 0 aliphatic heterocycles. The average Bonchev–Trinajstić information content (AvgIpc) is 3.56. The van der Waals surface area contributed by atoms with Gasteiger partial charge in [-0.25, -0.2) is 14.1 Å². The van der Waals surface area contributed by atoms with E-state index in [1.54, 1.807) is 18.2 Å². The Balaban J connectivity index is 0.000000557. The van der Waals surface area contributed by atoms with Crippen molar-refractivity contribution in [1.29, 1.82) is 0 Å². The second-order valence-electron chi connectivity index (χ2n) is 8.11. The number of carbonyl (C=O) groups is 1. The van der Waals surface area contributed by atoms with Gasteiger partial charge in [-0.3, -0.25) is 19.3 Å². The van der Waals surface area contributed by atoms with Crippen LogP contribution in [-0.2, 0) is 0 Å². The molecule has 208 valence electrons. The molecular formula is C26H22ClF3N6O3S. The first-order valence-corrected chi connectivity index (χ1v) is 13.0. The normalized spacial score (nSPS) is 10.7. The lowest BCUT2D eigenvalue weighted by Gasteiger charge is -2.09. The molecule has 0 unspecified atom stereocenters. The lowest BCUT2D eigenvalue weighted by molar-refractivity contribution is -0.00603. The zero-order chi connectivity index (χ0) is 28.6. The predicted molar refractivity (Wildman–Crippen MR) is 148 cm³/mol. The van der Waals surface area contributed by atoms with Crippen LogP contribution < -0.4 is 20.6 Å². The highest BCUT2D eigenvalue weighted by molar-refractivity contribution is 7.97. The number of rotatable bonds is 9. The van der Waals surface area contributed by atoms with Crippen LogP contribution in [0.3, 0.4) is 0 Å². The third-order valence-corrected chi connectivity index (χ3v) is 6.27. The van der Waals surface area contributed by atoms with Crippen LogP contribution >= 0.6 is 23.5 Å². The summed E-state index contributed by atoms with van der Waals surface area (Å²) < 4.78 is 45.1. The van der Waals surface area contributed by atoms with Gasteiger partial charge in [-0.2, -0.15) is 5.10 Å². The number of anilines is 1. The lowest BCUT2D eigenvalue weighted by Crippen LogP contribution is -2.08. The van der Waals surface area contributed by atoms with Crippen molar-refractivity contribution in [2.24, 2.45) is 5.14 Å². The Labute approximate surface area is 235 Å². The fraction of sp³-hybridized carbons (Fsp3) is 0.115. The SMILES string of the molecule is NSCCCF.Nc1c(C(=O)c2cc3cc(OF)ccc3[nH]2)cnn1-c1ccc(Oc2ncccc2Cl)cc1F. The minimum Gasteiger partial charge on any atom is -0.437 e. The number of nitrogens with zero attached hydrogens (tertiary/aromatic N) is 3. The predicted octanol–water partition coefficient (Wildman–Crippen LogP) is 6.36. The molecule has 5 rings (SSSR count). The Morgan fingerprint density at radius 3 is 2.62 bits per heavy atom. The Bertz CT molecular complexity index is 1630. The minimum atomic E-state index is -0.692. The molecule has 0 aliphatic rings. The number of halogens is 4. The highest BCUT2D eigenvalue weighted by Gasteiger charge is 2.21. The molecule has 0 bridgehead atoms. The molecule has 3 heterocycles. The van der Waals surface area contributed by atoms with Gasteiger partial charge < -0.3 is 15.5 Å². The van der Waals surface area contributed by atoms with E-state index < -0.39 is 11.6 Å². The Kier molecular flexibility index (Phi) is 9.53. The van der Waals surface area contributed by atoms with Crippen molar-refractivity contribution in [3.63, 3.8) is 0 Å². The van der Waals surface area contributed by atoms with E-state index in [9.17, 15) is 18.1 Å². The van der Waals surface area contributed by atoms with Crippen LogP contribution in [0, 0.1) is 5.82 Å². The number of nitrogen functional groups attached to an aromatic ring is 1. The van der Waals surface area contributed by atoms with Crippen LogP contribution in [0.15, 0.2) is 67.0 Å².